The molecule has 0 aliphatic carbocycles. The van der Waals surface area contributed by atoms with E-state index in [-0.39, 0.29) is 28.8 Å². The minimum atomic E-state index is -4.10. The number of carbonyl (C=O) groups excluding carboxylic acids is 2. The summed E-state index contributed by atoms with van der Waals surface area (Å²) in [5.74, 6) is -0.914. The minimum Gasteiger partial charge on any atom is -0.380 e. The van der Waals surface area contributed by atoms with Gasteiger partial charge in [-0.3, -0.25) is 9.89 Å². The number of sulfonamides is 1. The van der Waals surface area contributed by atoms with Crippen LogP contribution in [0.2, 0.25) is 0 Å². The number of para-hydroxylation sites is 1. The summed E-state index contributed by atoms with van der Waals surface area (Å²) in [4.78, 5) is 33.3. The number of amides is 1. The summed E-state index contributed by atoms with van der Waals surface area (Å²) in [6.45, 7) is 5.17. The maximum Gasteiger partial charge on any atom is 0.332 e. The van der Waals surface area contributed by atoms with Crippen LogP contribution in [0.25, 0.3) is 10.2 Å². The third-order valence-electron chi connectivity index (χ3n) is 6.70. The number of nitrogens with zero attached hydrogens (tertiary/aromatic N) is 3. The molecule has 0 radical (unpaired) electrons. The van der Waals surface area contributed by atoms with Crippen LogP contribution < -0.4 is 15.8 Å². The highest BCUT2D eigenvalue weighted by molar-refractivity contribution is 7.89. The number of nitrogens with two attached hydrogens (primary N) is 1. The molecule has 0 bridgehead atoms. The maximum absolute atomic E-state index is 13.8. The van der Waals surface area contributed by atoms with E-state index in [2.05, 4.69) is 30.2 Å². The summed E-state index contributed by atoms with van der Waals surface area (Å²) in [6.07, 6.45) is 0.224. The number of amidine groups is 1. The van der Waals surface area contributed by atoms with E-state index < -0.39 is 27.9 Å². The molecule has 12 nitrogen and oxygen atoms in total. The van der Waals surface area contributed by atoms with E-state index in [1.54, 1.807) is 36.4 Å². The molecule has 1 atom stereocenters. The second-order valence-electron chi connectivity index (χ2n) is 10.5. The Morgan fingerprint density at radius 3 is 2.56 bits per heavy atom. The average Bonchev–Trinajstić information content (AvgIpc) is 3.68. The fourth-order valence-electron chi connectivity index (χ4n) is 4.42. The van der Waals surface area contributed by atoms with Crippen molar-refractivity contribution in [3.63, 3.8) is 0 Å². The van der Waals surface area contributed by atoms with Gasteiger partial charge in [-0.15, -0.1) is 11.3 Å². The second kappa shape index (κ2) is 13.4. The molecule has 232 valence electrons. The second-order valence-corrected chi connectivity index (χ2v) is 13.3. The monoisotopic (exact) mass is 645 g/mol. The van der Waals surface area contributed by atoms with Crippen molar-refractivity contribution in [3.05, 3.63) is 106 Å². The lowest BCUT2D eigenvalue weighted by Crippen LogP contribution is -2.30. The number of fused-ring (bicyclic) bond motifs is 1. The molecule has 0 spiro atoms. The van der Waals surface area contributed by atoms with E-state index in [1.807, 2.05) is 44.2 Å². The Labute approximate surface area is 263 Å². The van der Waals surface area contributed by atoms with E-state index in [4.69, 9.17) is 10.7 Å². The first-order chi connectivity index (χ1) is 21.5. The van der Waals surface area contributed by atoms with Crippen molar-refractivity contribution in [2.24, 2.45) is 10.9 Å². The van der Waals surface area contributed by atoms with Crippen LogP contribution in [0.1, 0.15) is 65.0 Å². The molecule has 5 rings (SSSR count). The van der Waals surface area contributed by atoms with E-state index in [9.17, 15) is 18.0 Å². The minimum absolute atomic E-state index is 0.00158. The summed E-state index contributed by atoms with van der Waals surface area (Å²) in [5, 5.41) is 13.8. The fraction of sp³-hybridized carbons (Fsp3) is 0.194. The van der Waals surface area contributed by atoms with Crippen molar-refractivity contribution in [1.29, 1.82) is 0 Å². The zero-order valence-corrected chi connectivity index (χ0v) is 26.3. The van der Waals surface area contributed by atoms with Crippen molar-refractivity contribution in [3.8, 4) is 0 Å². The fourth-order valence-corrected chi connectivity index (χ4v) is 6.76. The summed E-state index contributed by atoms with van der Waals surface area (Å²) >= 11 is 1.38. The Bertz CT molecular complexity index is 1970. The highest BCUT2D eigenvalue weighted by Gasteiger charge is 2.25. The number of carbonyl (C=O) groups is 2. The Balaban J connectivity index is 1.42. The van der Waals surface area contributed by atoms with Gasteiger partial charge < -0.3 is 15.9 Å². The molecule has 1 unspecified atom stereocenters. The summed E-state index contributed by atoms with van der Waals surface area (Å²) in [7, 11) is -4.10. The molecule has 45 heavy (non-hydrogen) atoms. The number of H-pyrrole nitrogens is 1. The molecule has 2 aromatic heterocycles. The highest BCUT2D eigenvalue weighted by atomic mass is 32.2. The quantitative estimate of drug-likeness (QED) is 0.0681. The molecule has 5 aromatic rings. The number of anilines is 1. The topological polar surface area (TPSA) is 182 Å². The van der Waals surface area contributed by atoms with Gasteiger partial charge in [0.15, 0.2) is 11.5 Å². The molecule has 0 fully saturated rings. The largest absolute Gasteiger partial charge is 0.380 e. The van der Waals surface area contributed by atoms with Gasteiger partial charge in [0.05, 0.1) is 21.2 Å². The van der Waals surface area contributed by atoms with Crippen LogP contribution in [-0.2, 0) is 26.1 Å². The van der Waals surface area contributed by atoms with Gasteiger partial charge in [0.25, 0.3) is 5.91 Å². The smallest absolute Gasteiger partial charge is 0.332 e. The van der Waals surface area contributed by atoms with Crippen LogP contribution >= 0.6 is 11.3 Å². The molecule has 14 heteroatoms. The molecule has 2 heterocycles. The number of rotatable bonds is 11. The first-order valence-corrected chi connectivity index (χ1v) is 16.2. The van der Waals surface area contributed by atoms with Crippen LogP contribution in [0.15, 0.2) is 88.9 Å². The van der Waals surface area contributed by atoms with Crippen molar-refractivity contribution in [1.82, 2.24) is 19.9 Å². The van der Waals surface area contributed by atoms with E-state index >= 15 is 0 Å². The molecular formula is C31H31N7O5S2. The maximum atomic E-state index is 13.8. The van der Waals surface area contributed by atoms with Crippen LogP contribution in [0, 0.1) is 0 Å². The van der Waals surface area contributed by atoms with Gasteiger partial charge in [-0.05, 0) is 60.4 Å². The molecule has 0 saturated heterocycles. The molecule has 3 aromatic carbocycles. The zero-order chi connectivity index (χ0) is 32.1. The lowest BCUT2D eigenvalue weighted by molar-refractivity contribution is -0.140. The third kappa shape index (κ3) is 7.78. The van der Waals surface area contributed by atoms with Crippen LogP contribution in [0.4, 0.5) is 5.69 Å². The zero-order valence-electron chi connectivity index (χ0n) is 24.6. The standard InChI is InChI=1S/C31H31N7O5S2/c1-18(2)25-17-26(36-35-25)30(40)33-22-10-7-11-23(16-22)45(41,42)38-27(31-34-24-12-4-5-13-28(24)44-31)15-20-8-6-9-21(14-20)29(32)37-43-19(3)39/h4-14,16-18,27,38H,15H2,1-3H3,(H2,32,37)(H,33,40)(H,35,36). The predicted octanol–water partition coefficient (Wildman–Crippen LogP) is 4.84. The first-order valence-electron chi connectivity index (χ1n) is 13.9. The first kappa shape index (κ1) is 31.5. The molecular weight excluding hydrogens is 615 g/mol. The summed E-state index contributed by atoms with van der Waals surface area (Å²) in [5.41, 5.74) is 9.29. The van der Waals surface area contributed by atoms with Crippen LogP contribution in [0.5, 0.6) is 0 Å². The third-order valence-corrected chi connectivity index (χ3v) is 9.32. The van der Waals surface area contributed by atoms with E-state index in [1.165, 1.54) is 30.4 Å². The normalized spacial score (nSPS) is 12.8. The number of aromatic nitrogens is 3. The van der Waals surface area contributed by atoms with Gasteiger partial charge in [-0.2, -0.15) is 5.10 Å². The predicted molar refractivity (Wildman–Crippen MR) is 172 cm³/mol. The van der Waals surface area contributed by atoms with Crippen molar-refractivity contribution >= 4 is 55.0 Å². The summed E-state index contributed by atoms with van der Waals surface area (Å²) < 4.78 is 31.3. The number of nitrogens with one attached hydrogen (secondary N) is 3. The van der Waals surface area contributed by atoms with Gasteiger partial charge in [-0.25, -0.2) is 22.9 Å². The number of thiazole rings is 1. The lowest BCUT2D eigenvalue weighted by Gasteiger charge is -2.18. The van der Waals surface area contributed by atoms with Crippen molar-refractivity contribution < 1.29 is 22.8 Å². The van der Waals surface area contributed by atoms with Crippen molar-refractivity contribution in [2.45, 2.75) is 44.0 Å². The molecule has 1 amide bonds. The van der Waals surface area contributed by atoms with Crippen molar-refractivity contribution in [2.75, 3.05) is 5.32 Å². The van der Waals surface area contributed by atoms with Gasteiger partial charge in [0.2, 0.25) is 10.0 Å². The molecule has 0 saturated carbocycles. The molecule has 0 aliphatic rings. The highest BCUT2D eigenvalue weighted by Crippen LogP contribution is 2.30. The van der Waals surface area contributed by atoms with Crippen LogP contribution in [0.3, 0.4) is 0 Å². The SMILES string of the molecule is CC(=O)O/N=C(/N)c1cccc(CC(NS(=O)(=O)c2cccc(NC(=O)c3cc(C(C)C)[nH]n3)c2)c2nc3ccccc3s2)c1. The summed E-state index contributed by atoms with van der Waals surface area (Å²) in [6, 6.07) is 21.5. The number of oxime groups is 1. The number of hydrogen-bond acceptors (Lipinski definition) is 9. The Morgan fingerprint density at radius 2 is 1.82 bits per heavy atom. The Hall–Kier alpha value is -4.92. The Kier molecular flexibility index (Phi) is 9.37. The van der Waals surface area contributed by atoms with E-state index in [0.29, 0.717) is 16.3 Å². The molecule has 0 aliphatic heterocycles. The Morgan fingerprint density at radius 1 is 1.04 bits per heavy atom. The van der Waals surface area contributed by atoms with Gasteiger partial charge in [0.1, 0.15) is 5.01 Å². The van der Waals surface area contributed by atoms with Gasteiger partial charge >= 0.3 is 5.97 Å². The number of aromatic amines is 1. The molecule has 5 N–H and O–H groups in total. The lowest BCUT2D eigenvalue weighted by atomic mass is 10.0. The van der Waals surface area contributed by atoms with E-state index in [0.717, 1.165) is 21.5 Å². The van der Waals surface area contributed by atoms with Crippen LogP contribution in [-0.4, -0.2) is 41.3 Å². The number of benzene rings is 3. The number of hydrogen-bond donors (Lipinski definition) is 4. The average molecular weight is 646 g/mol. The van der Waals surface area contributed by atoms with Gasteiger partial charge in [-0.1, -0.05) is 55.4 Å². The van der Waals surface area contributed by atoms with Gasteiger partial charge in [0, 0.05) is 23.9 Å².